The zero-order chi connectivity index (χ0) is 24.8. The fourth-order valence-corrected chi connectivity index (χ4v) is 4.15. The van der Waals surface area contributed by atoms with Gasteiger partial charge in [-0.25, -0.2) is 9.71 Å². The third-order valence-electron chi connectivity index (χ3n) is 5.70. The molecule has 0 amide bonds. The molecule has 3 N–H and O–H groups in total. The number of anilines is 5. The number of hydrogen-bond acceptors (Lipinski definition) is 9. The highest BCUT2D eigenvalue weighted by atomic mass is 35.5. The lowest BCUT2D eigenvalue weighted by molar-refractivity contribution is 0.312. The summed E-state index contributed by atoms with van der Waals surface area (Å²) in [7, 11) is 3.76. The minimum Gasteiger partial charge on any atom is -0.760 e. The Labute approximate surface area is 212 Å². The third-order valence-corrected chi connectivity index (χ3v) is 6.35. The second kappa shape index (κ2) is 11.6. The summed E-state index contributed by atoms with van der Waals surface area (Å²) in [6, 6.07) is 13.3. The van der Waals surface area contributed by atoms with Gasteiger partial charge in [0.25, 0.3) is 0 Å². The molecular formula is C23H27ClN7O3S-. The largest absolute Gasteiger partial charge is 0.760 e. The van der Waals surface area contributed by atoms with Gasteiger partial charge >= 0.3 is 0 Å². The Bertz CT molecular complexity index is 1190. The van der Waals surface area contributed by atoms with Crippen molar-refractivity contribution in [1.82, 2.24) is 19.6 Å². The lowest BCUT2D eigenvalue weighted by Crippen LogP contribution is -2.44. The van der Waals surface area contributed by atoms with Crippen molar-refractivity contribution in [2.45, 2.75) is 6.54 Å². The summed E-state index contributed by atoms with van der Waals surface area (Å²) in [6.07, 6.45) is 1.50. The first kappa shape index (κ1) is 25.1. The van der Waals surface area contributed by atoms with Crippen molar-refractivity contribution in [2.24, 2.45) is 0 Å². The summed E-state index contributed by atoms with van der Waals surface area (Å²) in [5.41, 5.74) is 3.23. The summed E-state index contributed by atoms with van der Waals surface area (Å²) in [4.78, 5) is 13.5. The van der Waals surface area contributed by atoms with Crippen LogP contribution in [0, 0.1) is 0 Å². The summed E-state index contributed by atoms with van der Waals surface area (Å²) in [5, 5.41) is 6.69. The first-order chi connectivity index (χ1) is 16.9. The molecule has 1 aliphatic rings. The van der Waals surface area contributed by atoms with E-state index in [1.165, 1.54) is 6.20 Å². The minimum absolute atomic E-state index is 0.129. The van der Waals surface area contributed by atoms with E-state index in [0.717, 1.165) is 43.1 Å². The highest BCUT2D eigenvalue weighted by molar-refractivity contribution is 7.77. The molecule has 1 unspecified atom stereocenters. The second-order valence-corrected chi connectivity index (χ2v) is 9.19. The molecular weight excluding hydrogens is 490 g/mol. The van der Waals surface area contributed by atoms with E-state index < -0.39 is 11.3 Å². The van der Waals surface area contributed by atoms with Gasteiger partial charge in [-0.15, -0.1) is 0 Å². The molecule has 4 rings (SSSR count). The molecule has 2 heterocycles. The number of piperazine rings is 1. The quantitative estimate of drug-likeness (QED) is 0.368. The van der Waals surface area contributed by atoms with E-state index >= 15 is 0 Å². The van der Waals surface area contributed by atoms with Gasteiger partial charge in [-0.2, -0.15) is 4.98 Å². The van der Waals surface area contributed by atoms with E-state index in [9.17, 15) is 8.76 Å². The van der Waals surface area contributed by atoms with Gasteiger partial charge < -0.3 is 29.7 Å². The highest BCUT2D eigenvalue weighted by Gasteiger charge is 2.17. The van der Waals surface area contributed by atoms with Crippen molar-refractivity contribution in [1.29, 1.82) is 0 Å². The fourth-order valence-electron chi connectivity index (χ4n) is 3.74. The van der Waals surface area contributed by atoms with Crippen LogP contribution < -0.4 is 25.0 Å². The van der Waals surface area contributed by atoms with Crippen molar-refractivity contribution >= 4 is 51.7 Å². The molecule has 35 heavy (non-hydrogen) atoms. The summed E-state index contributed by atoms with van der Waals surface area (Å²) < 4.78 is 29.8. The van der Waals surface area contributed by atoms with Crippen molar-refractivity contribution in [2.75, 3.05) is 55.9 Å². The molecule has 0 radical (unpaired) electrons. The number of para-hydroxylation sites is 1. The number of benzene rings is 2. The summed E-state index contributed by atoms with van der Waals surface area (Å²) in [5.74, 6) is 1.39. The average Bonchev–Trinajstić information content (AvgIpc) is 2.86. The van der Waals surface area contributed by atoms with Crippen LogP contribution in [0.2, 0.25) is 5.02 Å². The van der Waals surface area contributed by atoms with Gasteiger partial charge in [0.1, 0.15) is 10.8 Å². The van der Waals surface area contributed by atoms with Crippen molar-refractivity contribution in [3.05, 3.63) is 59.2 Å². The minimum atomic E-state index is -2.37. The number of likely N-dealkylation sites (N-methyl/N-ethyl adjacent to an activating group) is 1. The predicted octanol–water partition coefficient (Wildman–Crippen LogP) is 3.26. The molecule has 12 heteroatoms. The van der Waals surface area contributed by atoms with Gasteiger partial charge in [-0.1, -0.05) is 29.8 Å². The number of rotatable bonds is 9. The molecule has 186 valence electrons. The first-order valence-electron chi connectivity index (χ1n) is 11.0. The number of ether oxygens (including phenoxy) is 1. The number of aromatic nitrogens is 2. The topological polar surface area (TPSA) is 118 Å². The van der Waals surface area contributed by atoms with Gasteiger partial charge in [0.05, 0.1) is 19.0 Å². The van der Waals surface area contributed by atoms with Crippen LogP contribution in [0.3, 0.4) is 0 Å². The molecule has 1 fully saturated rings. The second-order valence-electron chi connectivity index (χ2n) is 8.03. The van der Waals surface area contributed by atoms with E-state index in [2.05, 4.69) is 48.2 Å². The van der Waals surface area contributed by atoms with Crippen LogP contribution in [-0.4, -0.2) is 64.0 Å². The Morgan fingerprint density at radius 3 is 2.63 bits per heavy atom. The lowest BCUT2D eigenvalue weighted by Gasteiger charge is -2.34. The first-order valence-corrected chi connectivity index (χ1v) is 12.5. The molecule has 2 aromatic carbocycles. The monoisotopic (exact) mass is 516 g/mol. The molecule has 10 nitrogen and oxygen atoms in total. The normalized spacial score (nSPS) is 15.0. The molecule has 1 atom stereocenters. The average molecular weight is 517 g/mol. The van der Waals surface area contributed by atoms with Crippen LogP contribution in [0.5, 0.6) is 5.75 Å². The maximum absolute atomic E-state index is 10.9. The maximum Gasteiger partial charge on any atom is 0.229 e. The zero-order valence-corrected chi connectivity index (χ0v) is 21.0. The molecule has 1 aromatic heterocycles. The number of nitrogens with zero attached hydrogens (tertiary/aromatic N) is 4. The van der Waals surface area contributed by atoms with E-state index in [0.29, 0.717) is 28.2 Å². The van der Waals surface area contributed by atoms with E-state index in [4.69, 9.17) is 16.3 Å². The Kier molecular flexibility index (Phi) is 8.37. The standard InChI is InChI=1S/C23H28ClN7O3S/c1-30-9-11-31(12-10-30)17-7-8-20(21(13-17)34-2)28-23-25-15-18(24)22(29-23)27-19-6-4-3-5-16(19)14-26-35(32)33/h3-8,13,15,26H,9-12,14H2,1-2H3,(H,32,33)(H2,25,27,28,29)/p-1. The van der Waals surface area contributed by atoms with Crippen molar-refractivity contribution < 1.29 is 13.5 Å². The fraction of sp³-hybridized carbons (Fsp3) is 0.304. The Morgan fingerprint density at radius 2 is 1.89 bits per heavy atom. The molecule has 1 aliphatic heterocycles. The zero-order valence-electron chi connectivity index (χ0n) is 19.5. The Hall–Kier alpha value is -2.96. The maximum atomic E-state index is 10.9. The molecule has 0 spiro atoms. The Balaban J connectivity index is 1.52. The van der Waals surface area contributed by atoms with Crippen LogP contribution in [0.15, 0.2) is 48.7 Å². The number of halogens is 1. The van der Waals surface area contributed by atoms with Crippen LogP contribution >= 0.6 is 11.6 Å². The highest BCUT2D eigenvalue weighted by Crippen LogP contribution is 2.33. The predicted molar refractivity (Wildman–Crippen MR) is 139 cm³/mol. The smallest absolute Gasteiger partial charge is 0.229 e. The third kappa shape index (κ3) is 6.59. The van der Waals surface area contributed by atoms with Gasteiger partial charge in [0.2, 0.25) is 5.95 Å². The summed E-state index contributed by atoms with van der Waals surface area (Å²) in [6.45, 7) is 4.09. The van der Waals surface area contributed by atoms with Crippen LogP contribution in [-0.2, 0) is 17.8 Å². The molecule has 0 saturated carbocycles. The van der Waals surface area contributed by atoms with Gasteiger partial charge in [-0.05, 0) is 30.8 Å². The van der Waals surface area contributed by atoms with Gasteiger partial charge in [-0.3, -0.25) is 4.21 Å². The SMILES string of the molecule is COc1cc(N2CCN(C)CC2)ccc1Nc1ncc(Cl)c(Nc2ccccc2CNS(=O)[O-])n1. The van der Waals surface area contributed by atoms with Gasteiger partial charge in [0.15, 0.2) is 5.82 Å². The van der Waals surface area contributed by atoms with E-state index in [-0.39, 0.29) is 6.54 Å². The van der Waals surface area contributed by atoms with Crippen molar-refractivity contribution in [3.63, 3.8) is 0 Å². The van der Waals surface area contributed by atoms with Crippen LogP contribution in [0.1, 0.15) is 5.56 Å². The van der Waals surface area contributed by atoms with Crippen molar-refractivity contribution in [3.8, 4) is 5.75 Å². The molecule has 3 aromatic rings. The summed E-state index contributed by atoms with van der Waals surface area (Å²) >= 11 is 3.97. The number of hydrogen-bond donors (Lipinski definition) is 3. The lowest BCUT2D eigenvalue weighted by atomic mass is 10.2. The van der Waals surface area contributed by atoms with Crippen LogP contribution in [0.25, 0.3) is 0 Å². The molecule has 0 bridgehead atoms. The number of methoxy groups -OCH3 is 1. The van der Waals surface area contributed by atoms with E-state index in [1.54, 1.807) is 7.11 Å². The number of nitrogens with one attached hydrogen (secondary N) is 3. The molecule has 1 saturated heterocycles. The van der Waals surface area contributed by atoms with E-state index in [1.807, 2.05) is 36.4 Å². The van der Waals surface area contributed by atoms with Gasteiger partial charge in [0, 0.05) is 61.4 Å². The Morgan fingerprint density at radius 1 is 1.11 bits per heavy atom. The van der Waals surface area contributed by atoms with Crippen LogP contribution in [0.4, 0.5) is 28.8 Å². The molecule has 0 aliphatic carbocycles.